The van der Waals surface area contributed by atoms with E-state index in [9.17, 15) is 18.0 Å². The number of hydrogen-bond donors (Lipinski definition) is 2. The van der Waals surface area contributed by atoms with Gasteiger partial charge in [0.2, 0.25) is 21.8 Å². The van der Waals surface area contributed by atoms with Crippen LogP contribution in [-0.2, 0) is 32.6 Å². The maximum absolute atomic E-state index is 12.7. The van der Waals surface area contributed by atoms with Gasteiger partial charge in [-0.2, -0.15) is 0 Å². The Balaban J connectivity index is 1.33. The fraction of sp³-hybridized carbons (Fsp3) is 0.409. The van der Waals surface area contributed by atoms with Crippen molar-refractivity contribution in [3.05, 3.63) is 53.9 Å². The Labute approximate surface area is 182 Å². The molecule has 0 unspecified atom stereocenters. The Morgan fingerprint density at radius 1 is 1.19 bits per heavy atom. The van der Waals surface area contributed by atoms with Crippen molar-refractivity contribution < 1.29 is 18.0 Å². The van der Waals surface area contributed by atoms with Crippen molar-refractivity contribution in [2.24, 2.45) is 5.92 Å². The number of nitrogens with one attached hydrogen (secondary N) is 2. The lowest BCUT2D eigenvalue weighted by Gasteiger charge is -2.22. The molecule has 1 aromatic heterocycles. The van der Waals surface area contributed by atoms with E-state index in [0.29, 0.717) is 13.0 Å². The van der Waals surface area contributed by atoms with Gasteiger partial charge in [-0.1, -0.05) is 6.07 Å². The maximum Gasteiger partial charge on any atom is 0.240 e. The highest BCUT2D eigenvalue weighted by Gasteiger charge is 2.39. The Hall–Kier alpha value is -2.78. The van der Waals surface area contributed by atoms with E-state index in [4.69, 9.17) is 0 Å². The van der Waals surface area contributed by atoms with Gasteiger partial charge >= 0.3 is 0 Å². The summed E-state index contributed by atoms with van der Waals surface area (Å²) in [5, 5.41) is 2.72. The number of pyridine rings is 1. The van der Waals surface area contributed by atoms with Crippen LogP contribution in [0.25, 0.3) is 0 Å². The summed E-state index contributed by atoms with van der Waals surface area (Å²) in [6.45, 7) is 2.28. The molecule has 1 saturated carbocycles. The average molecular weight is 443 g/mol. The topological polar surface area (TPSA) is 108 Å². The maximum atomic E-state index is 12.7. The number of aromatic nitrogens is 1. The van der Waals surface area contributed by atoms with Crippen LogP contribution in [0.2, 0.25) is 0 Å². The molecule has 1 atom stereocenters. The summed E-state index contributed by atoms with van der Waals surface area (Å²) < 4.78 is 27.8. The first-order chi connectivity index (χ1) is 14.8. The Morgan fingerprint density at radius 2 is 2.00 bits per heavy atom. The molecule has 8 nitrogen and oxygen atoms in total. The summed E-state index contributed by atoms with van der Waals surface area (Å²) in [6.07, 6.45) is 4.17. The number of sulfonamides is 1. The van der Waals surface area contributed by atoms with Gasteiger partial charge in [-0.05, 0) is 62.1 Å². The molecule has 164 valence electrons. The third-order valence-electron chi connectivity index (χ3n) is 5.58. The van der Waals surface area contributed by atoms with Crippen LogP contribution in [0, 0.1) is 5.92 Å². The molecular formula is C22H26N4O4S. The lowest BCUT2D eigenvalue weighted by molar-refractivity contribution is -0.121. The summed E-state index contributed by atoms with van der Waals surface area (Å²) in [4.78, 5) is 30.6. The molecule has 2 heterocycles. The highest BCUT2D eigenvalue weighted by molar-refractivity contribution is 7.89. The molecule has 31 heavy (non-hydrogen) atoms. The van der Waals surface area contributed by atoms with E-state index >= 15 is 0 Å². The van der Waals surface area contributed by atoms with E-state index in [2.05, 4.69) is 15.0 Å². The molecule has 1 fully saturated rings. The number of fused-ring (bicyclic) bond motifs is 1. The van der Waals surface area contributed by atoms with Gasteiger partial charge in [0.05, 0.1) is 17.1 Å². The highest BCUT2D eigenvalue weighted by atomic mass is 32.2. The molecule has 0 spiro atoms. The monoisotopic (exact) mass is 442 g/mol. The zero-order chi connectivity index (χ0) is 22.0. The molecule has 2 amide bonds. The lowest BCUT2D eigenvalue weighted by Crippen LogP contribution is -2.36. The van der Waals surface area contributed by atoms with Crippen LogP contribution < -0.4 is 14.9 Å². The summed E-state index contributed by atoms with van der Waals surface area (Å²) in [7, 11) is -3.75. The van der Waals surface area contributed by atoms with Crippen molar-refractivity contribution in [1.29, 1.82) is 0 Å². The summed E-state index contributed by atoms with van der Waals surface area (Å²) in [5.74, 6) is -0.00986. The van der Waals surface area contributed by atoms with E-state index in [1.807, 2.05) is 17.9 Å². The van der Waals surface area contributed by atoms with Crippen LogP contribution in [0.15, 0.2) is 47.5 Å². The van der Waals surface area contributed by atoms with Crippen molar-refractivity contribution >= 4 is 27.5 Å². The number of nitrogens with zero attached hydrogens (tertiary/aromatic N) is 2. The molecule has 1 aliphatic carbocycles. The van der Waals surface area contributed by atoms with Gasteiger partial charge in [0.25, 0.3) is 0 Å². The first-order valence-electron chi connectivity index (χ1n) is 10.5. The standard InChI is InChI=1S/C22H26N4O4S/c1-15-12-17-13-19(7-8-20(17)26(15)22(28)16-5-6-16)31(29,30)25-11-9-21(27)24-14-18-4-2-3-10-23-18/h2-4,7-8,10,13,15-16,25H,5-6,9,11-12,14H2,1H3,(H,24,27)/t15-/m1/s1. The molecular weight excluding hydrogens is 416 g/mol. The second kappa shape index (κ2) is 8.76. The second-order valence-corrected chi connectivity index (χ2v) is 9.84. The zero-order valence-corrected chi connectivity index (χ0v) is 18.2. The Kier molecular flexibility index (Phi) is 6.06. The average Bonchev–Trinajstić information content (AvgIpc) is 3.54. The van der Waals surface area contributed by atoms with Crippen molar-refractivity contribution in [3.8, 4) is 0 Å². The van der Waals surface area contributed by atoms with Gasteiger partial charge in [-0.25, -0.2) is 13.1 Å². The minimum Gasteiger partial charge on any atom is -0.350 e. The Morgan fingerprint density at radius 3 is 2.71 bits per heavy atom. The number of rotatable bonds is 8. The Bertz CT molecular complexity index is 1080. The molecule has 0 bridgehead atoms. The molecule has 1 aliphatic heterocycles. The molecule has 2 aliphatic rings. The third kappa shape index (κ3) is 4.94. The number of amides is 2. The van der Waals surface area contributed by atoms with Gasteiger partial charge in [0, 0.05) is 36.8 Å². The fourth-order valence-electron chi connectivity index (χ4n) is 3.80. The first-order valence-corrected chi connectivity index (χ1v) is 12.0. The predicted octanol–water partition coefficient (Wildman–Crippen LogP) is 1.75. The fourth-order valence-corrected chi connectivity index (χ4v) is 4.88. The van der Waals surface area contributed by atoms with E-state index < -0.39 is 10.0 Å². The number of hydrogen-bond acceptors (Lipinski definition) is 5. The molecule has 4 rings (SSSR count). The normalized spacial score (nSPS) is 18.0. The van der Waals surface area contributed by atoms with Crippen LogP contribution in [0.4, 0.5) is 5.69 Å². The number of carbonyl (C=O) groups is 2. The summed E-state index contributed by atoms with van der Waals surface area (Å²) in [6, 6.07) is 10.3. The van der Waals surface area contributed by atoms with Crippen LogP contribution in [0.5, 0.6) is 0 Å². The quantitative estimate of drug-likeness (QED) is 0.648. The van der Waals surface area contributed by atoms with Crippen molar-refractivity contribution in [2.45, 2.75) is 50.1 Å². The van der Waals surface area contributed by atoms with Crippen molar-refractivity contribution in [3.63, 3.8) is 0 Å². The van der Waals surface area contributed by atoms with Crippen LogP contribution in [0.3, 0.4) is 0 Å². The van der Waals surface area contributed by atoms with E-state index in [1.54, 1.807) is 30.5 Å². The summed E-state index contributed by atoms with van der Waals surface area (Å²) in [5.41, 5.74) is 2.40. The van der Waals surface area contributed by atoms with E-state index in [0.717, 1.165) is 29.8 Å². The molecule has 0 radical (unpaired) electrons. The SMILES string of the molecule is C[C@@H]1Cc2cc(S(=O)(=O)NCCC(=O)NCc3ccccn3)ccc2N1C(=O)C1CC1. The predicted molar refractivity (Wildman–Crippen MR) is 116 cm³/mol. The van der Waals surface area contributed by atoms with E-state index in [1.165, 1.54) is 6.07 Å². The minimum atomic E-state index is -3.75. The van der Waals surface area contributed by atoms with E-state index in [-0.39, 0.29) is 41.6 Å². The molecule has 9 heteroatoms. The smallest absolute Gasteiger partial charge is 0.240 e. The van der Waals surface area contributed by atoms with Gasteiger partial charge < -0.3 is 10.2 Å². The van der Waals surface area contributed by atoms with Gasteiger partial charge in [0.1, 0.15) is 0 Å². The van der Waals surface area contributed by atoms with Crippen molar-refractivity contribution in [1.82, 2.24) is 15.0 Å². The molecule has 0 saturated heterocycles. The molecule has 2 aromatic rings. The van der Waals surface area contributed by atoms with Gasteiger partial charge in [-0.3, -0.25) is 14.6 Å². The van der Waals surface area contributed by atoms with Crippen molar-refractivity contribution in [2.75, 3.05) is 11.4 Å². The molecule has 1 aromatic carbocycles. The zero-order valence-electron chi connectivity index (χ0n) is 17.4. The molecule has 2 N–H and O–H groups in total. The second-order valence-electron chi connectivity index (χ2n) is 8.07. The minimum absolute atomic E-state index is 0.00381. The lowest BCUT2D eigenvalue weighted by atomic mass is 10.1. The number of benzene rings is 1. The largest absolute Gasteiger partial charge is 0.350 e. The van der Waals surface area contributed by atoms with Gasteiger partial charge in [-0.15, -0.1) is 0 Å². The van der Waals surface area contributed by atoms with Crippen LogP contribution in [0.1, 0.15) is 37.4 Å². The first kappa shape index (κ1) is 21.5. The van der Waals surface area contributed by atoms with Crippen LogP contribution in [-0.4, -0.2) is 37.8 Å². The summed E-state index contributed by atoms with van der Waals surface area (Å²) >= 11 is 0. The third-order valence-corrected chi connectivity index (χ3v) is 7.04. The number of carbonyl (C=O) groups excluding carboxylic acids is 2. The van der Waals surface area contributed by atoms with Gasteiger partial charge in [0.15, 0.2) is 0 Å². The number of anilines is 1. The highest BCUT2D eigenvalue weighted by Crippen LogP contribution is 2.39. The van der Waals surface area contributed by atoms with Crippen LogP contribution >= 0.6 is 0 Å².